The van der Waals surface area contributed by atoms with Gasteiger partial charge in [-0.05, 0) is 5.56 Å². The largest absolute Gasteiger partial charge is 0.394 e. The van der Waals surface area contributed by atoms with Crippen molar-refractivity contribution in [2.75, 3.05) is 13.2 Å². The molecule has 0 spiro atoms. The fourth-order valence-corrected chi connectivity index (χ4v) is 1.33. The second kappa shape index (κ2) is 7.39. The van der Waals surface area contributed by atoms with Gasteiger partial charge >= 0.3 is 0 Å². The molecule has 3 heteroatoms. The van der Waals surface area contributed by atoms with Crippen LogP contribution in [0.15, 0.2) is 30.3 Å². The smallest absolute Gasteiger partial charge is 0.0934 e. The van der Waals surface area contributed by atoms with E-state index in [0.717, 1.165) is 5.56 Å². The van der Waals surface area contributed by atoms with Gasteiger partial charge in [0.25, 0.3) is 0 Å². The van der Waals surface area contributed by atoms with Gasteiger partial charge in [-0.15, -0.1) is 0 Å². The molecule has 16 heavy (non-hydrogen) atoms. The molecule has 2 N–H and O–H groups in total. The van der Waals surface area contributed by atoms with Gasteiger partial charge in [-0.3, -0.25) is 0 Å². The molecular weight excluding hydrogens is 202 g/mol. The summed E-state index contributed by atoms with van der Waals surface area (Å²) in [5, 5.41) is 12.4. The Morgan fingerprint density at radius 3 is 2.50 bits per heavy atom. The molecule has 1 aromatic rings. The highest BCUT2D eigenvalue weighted by molar-refractivity contribution is 5.13. The van der Waals surface area contributed by atoms with E-state index in [1.165, 1.54) is 0 Å². The lowest BCUT2D eigenvalue weighted by molar-refractivity contribution is 0.00257. The lowest BCUT2D eigenvalue weighted by atomic mass is 10.2. The summed E-state index contributed by atoms with van der Waals surface area (Å²) in [6.45, 7) is 5.43. The van der Waals surface area contributed by atoms with E-state index in [-0.39, 0.29) is 12.7 Å². The zero-order chi connectivity index (χ0) is 11.8. The normalized spacial score (nSPS) is 13.0. The molecule has 0 unspecified atom stereocenters. The van der Waals surface area contributed by atoms with Crippen LogP contribution in [-0.4, -0.2) is 30.4 Å². The summed E-state index contributed by atoms with van der Waals surface area (Å²) in [5.41, 5.74) is 1.13. The summed E-state index contributed by atoms with van der Waals surface area (Å²) in [7, 11) is 0. The van der Waals surface area contributed by atoms with Crippen LogP contribution in [0.2, 0.25) is 0 Å². The van der Waals surface area contributed by atoms with E-state index in [1.807, 2.05) is 30.3 Å². The second-order valence-electron chi connectivity index (χ2n) is 4.16. The van der Waals surface area contributed by atoms with Gasteiger partial charge in [-0.1, -0.05) is 44.2 Å². The quantitative estimate of drug-likeness (QED) is 0.737. The summed E-state index contributed by atoms with van der Waals surface area (Å²) in [6, 6.07) is 10.4. The number of benzene rings is 1. The first-order valence-corrected chi connectivity index (χ1v) is 5.72. The van der Waals surface area contributed by atoms with Crippen LogP contribution < -0.4 is 5.32 Å². The molecule has 1 rings (SSSR count). The monoisotopic (exact) mass is 223 g/mol. The summed E-state index contributed by atoms with van der Waals surface area (Å²) in [5.74, 6) is 0. The first kappa shape index (κ1) is 13.2. The van der Waals surface area contributed by atoms with Crippen LogP contribution in [0.1, 0.15) is 19.4 Å². The summed E-state index contributed by atoms with van der Waals surface area (Å²) < 4.78 is 5.62. The predicted molar refractivity (Wildman–Crippen MR) is 65.2 cm³/mol. The highest BCUT2D eigenvalue weighted by atomic mass is 16.5. The van der Waals surface area contributed by atoms with Crippen LogP contribution in [0.3, 0.4) is 0 Å². The highest BCUT2D eigenvalue weighted by Crippen LogP contribution is 2.03. The molecule has 1 aromatic carbocycles. The molecular formula is C13H21NO2. The van der Waals surface area contributed by atoms with Crippen LogP contribution >= 0.6 is 0 Å². The van der Waals surface area contributed by atoms with Crippen molar-refractivity contribution in [1.82, 2.24) is 5.32 Å². The van der Waals surface area contributed by atoms with Gasteiger partial charge in [0.05, 0.1) is 19.3 Å². The number of rotatable bonds is 7. The second-order valence-corrected chi connectivity index (χ2v) is 4.16. The van der Waals surface area contributed by atoms with E-state index < -0.39 is 0 Å². The zero-order valence-electron chi connectivity index (χ0n) is 10.0. The zero-order valence-corrected chi connectivity index (χ0v) is 10.0. The van der Waals surface area contributed by atoms with Gasteiger partial charge in [0.2, 0.25) is 0 Å². The molecule has 3 nitrogen and oxygen atoms in total. The Labute approximate surface area is 97.4 Å². The van der Waals surface area contributed by atoms with Crippen molar-refractivity contribution in [2.24, 2.45) is 0 Å². The molecule has 0 aliphatic carbocycles. The maximum atomic E-state index is 9.15. The van der Waals surface area contributed by atoms with Gasteiger partial charge in [0.1, 0.15) is 0 Å². The lowest BCUT2D eigenvalue weighted by Gasteiger charge is -2.17. The molecule has 0 saturated heterocycles. The van der Waals surface area contributed by atoms with Crippen molar-refractivity contribution < 1.29 is 9.84 Å². The van der Waals surface area contributed by atoms with Crippen LogP contribution in [0.4, 0.5) is 0 Å². The summed E-state index contributed by atoms with van der Waals surface area (Å²) >= 11 is 0. The van der Waals surface area contributed by atoms with E-state index in [2.05, 4.69) is 19.2 Å². The number of aliphatic hydroxyl groups is 1. The molecule has 0 aromatic heterocycles. The molecule has 0 fully saturated rings. The fourth-order valence-electron chi connectivity index (χ4n) is 1.33. The standard InChI is InChI=1S/C13H21NO2/c1-11(2)14-8-13(9-15)16-10-12-6-4-3-5-7-12/h3-7,11,13-15H,8-10H2,1-2H3/t13-/m0/s1. The minimum absolute atomic E-state index is 0.0482. The van der Waals surface area contributed by atoms with E-state index in [9.17, 15) is 0 Å². The number of aliphatic hydroxyl groups excluding tert-OH is 1. The highest BCUT2D eigenvalue weighted by Gasteiger charge is 2.08. The fraction of sp³-hybridized carbons (Fsp3) is 0.538. The van der Waals surface area contributed by atoms with Gasteiger partial charge in [-0.2, -0.15) is 0 Å². The molecule has 0 radical (unpaired) electrons. The Morgan fingerprint density at radius 2 is 1.94 bits per heavy atom. The first-order chi connectivity index (χ1) is 7.72. The number of hydrogen-bond acceptors (Lipinski definition) is 3. The van der Waals surface area contributed by atoms with Gasteiger partial charge in [-0.25, -0.2) is 0 Å². The Kier molecular flexibility index (Phi) is 6.08. The SMILES string of the molecule is CC(C)NC[C@@H](CO)OCc1ccccc1. The average Bonchev–Trinajstić information content (AvgIpc) is 2.30. The third kappa shape index (κ3) is 5.26. The minimum Gasteiger partial charge on any atom is -0.394 e. The molecule has 0 heterocycles. The third-order valence-electron chi connectivity index (χ3n) is 2.29. The Hall–Kier alpha value is -0.900. The van der Waals surface area contributed by atoms with Gasteiger partial charge in [0, 0.05) is 12.6 Å². The topological polar surface area (TPSA) is 41.5 Å². The van der Waals surface area contributed by atoms with E-state index in [0.29, 0.717) is 19.2 Å². The van der Waals surface area contributed by atoms with Crippen LogP contribution in [0.25, 0.3) is 0 Å². The van der Waals surface area contributed by atoms with Crippen molar-refractivity contribution >= 4 is 0 Å². The van der Waals surface area contributed by atoms with Gasteiger partial charge < -0.3 is 15.2 Å². The maximum Gasteiger partial charge on any atom is 0.0934 e. The summed E-state index contributed by atoms with van der Waals surface area (Å²) in [4.78, 5) is 0. The Morgan fingerprint density at radius 1 is 1.25 bits per heavy atom. The Bertz CT molecular complexity index is 275. The molecule has 1 atom stereocenters. The Balaban J connectivity index is 2.28. The molecule has 0 saturated carbocycles. The third-order valence-corrected chi connectivity index (χ3v) is 2.29. The van der Waals surface area contributed by atoms with Crippen LogP contribution in [0, 0.1) is 0 Å². The lowest BCUT2D eigenvalue weighted by Crippen LogP contribution is -2.35. The average molecular weight is 223 g/mol. The van der Waals surface area contributed by atoms with E-state index in [4.69, 9.17) is 9.84 Å². The molecule has 90 valence electrons. The molecule has 0 bridgehead atoms. The van der Waals surface area contributed by atoms with E-state index in [1.54, 1.807) is 0 Å². The van der Waals surface area contributed by atoms with Crippen molar-refractivity contribution in [2.45, 2.75) is 32.6 Å². The summed E-state index contributed by atoms with van der Waals surface area (Å²) in [6.07, 6.45) is -0.136. The molecule has 0 aliphatic heterocycles. The molecule has 0 amide bonds. The number of nitrogens with one attached hydrogen (secondary N) is 1. The maximum absolute atomic E-state index is 9.15. The van der Waals surface area contributed by atoms with Crippen molar-refractivity contribution in [3.05, 3.63) is 35.9 Å². The minimum atomic E-state index is -0.136. The van der Waals surface area contributed by atoms with Gasteiger partial charge in [0.15, 0.2) is 0 Å². The van der Waals surface area contributed by atoms with Crippen LogP contribution in [-0.2, 0) is 11.3 Å². The number of hydrogen-bond donors (Lipinski definition) is 2. The van der Waals surface area contributed by atoms with Crippen molar-refractivity contribution in [1.29, 1.82) is 0 Å². The van der Waals surface area contributed by atoms with Crippen LogP contribution in [0.5, 0.6) is 0 Å². The first-order valence-electron chi connectivity index (χ1n) is 5.72. The molecule has 0 aliphatic rings. The van der Waals surface area contributed by atoms with Crippen molar-refractivity contribution in [3.8, 4) is 0 Å². The number of ether oxygens (including phenoxy) is 1. The van der Waals surface area contributed by atoms with E-state index >= 15 is 0 Å². The van der Waals surface area contributed by atoms with Crippen molar-refractivity contribution in [3.63, 3.8) is 0 Å². The predicted octanol–water partition coefficient (Wildman–Crippen LogP) is 1.56.